The number of likely N-dealkylation sites (N-methyl/N-ethyl adjacent to an activating group) is 1. The highest BCUT2D eigenvalue weighted by molar-refractivity contribution is 7.18. The number of carbonyl (C=O) groups is 2. The zero-order valence-corrected chi connectivity index (χ0v) is 13.9. The van der Waals surface area contributed by atoms with Crippen LogP contribution in [0.15, 0.2) is 24.3 Å². The molecule has 1 aromatic heterocycles. The molecule has 0 N–H and O–H groups in total. The van der Waals surface area contributed by atoms with Gasteiger partial charge in [0.05, 0.1) is 27.7 Å². The predicted octanol–water partition coefficient (Wildman–Crippen LogP) is 2.23. The minimum Gasteiger partial charge on any atom is -0.291 e. The molecule has 1 atom stereocenters. The fourth-order valence-corrected chi connectivity index (χ4v) is 4.68. The summed E-state index contributed by atoms with van der Waals surface area (Å²) in [5.41, 5.74) is 1.08. The molecule has 0 radical (unpaired) electrons. The van der Waals surface area contributed by atoms with Gasteiger partial charge < -0.3 is 0 Å². The molecule has 6 heteroatoms. The van der Waals surface area contributed by atoms with E-state index >= 15 is 0 Å². The van der Waals surface area contributed by atoms with Crippen LogP contribution in [0.1, 0.15) is 30.2 Å². The second-order valence-electron chi connectivity index (χ2n) is 6.34. The lowest BCUT2D eigenvalue weighted by atomic mass is 9.96. The van der Waals surface area contributed by atoms with Crippen LogP contribution in [-0.2, 0) is 9.59 Å². The molecule has 3 heterocycles. The number of carbonyl (C=O) groups excluding carboxylic acids is 2. The molecule has 2 saturated heterocycles. The monoisotopic (exact) mass is 329 g/mol. The zero-order chi connectivity index (χ0) is 16.0. The predicted molar refractivity (Wildman–Crippen MR) is 89.4 cm³/mol. The van der Waals surface area contributed by atoms with E-state index in [2.05, 4.69) is 17.0 Å². The average molecular weight is 329 g/mol. The maximum absolute atomic E-state index is 12.1. The summed E-state index contributed by atoms with van der Waals surface area (Å²) in [6.07, 6.45) is 2.34. The molecule has 23 heavy (non-hydrogen) atoms. The van der Waals surface area contributed by atoms with Gasteiger partial charge in [-0.1, -0.05) is 12.1 Å². The van der Waals surface area contributed by atoms with E-state index in [9.17, 15) is 9.59 Å². The zero-order valence-electron chi connectivity index (χ0n) is 13.1. The van der Waals surface area contributed by atoms with Crippen molar-refractivity contribution in [1.82, 2.24) is 14.8 Å². The first-order chi connectivity index (χ1) is 11.1. The number of para-hydroxylation sites is 1. The quantitative estimate of drug-likeness (QED) is 0.793. The molecule has 2 amide bonds. The Morgan fingerprint density at radius 1 is 1.17 bits per heavy atom. The van der Waals surface area contributed by atoms with Crippen molar-refractivity contribution in [1.29, 1.82) is 0 Å². The molecule has 2 fully saturated rings. The van der Waals surface area contributed by atoms with Crippen LogP contribution in [0.25, 0.3) is 10.2 Å². The first-order valence-corrected chi connectivity index (χ1v) is 8.85. The second-order valence-corrected chi connectivity index (χ2v) is 7.40. The third-order valence-corrected chi connectivity index (χ3v) is 6.19. The summed E-state index contributed by atoms with van der Waals surface area (Å²) in [7, 11) is 1.58. The van der Waals surface area contributed by atoms with E-state index in [0.717, 1.165) is 31.4 Å². The highest BCUT2D eigenvalue weighted by atomic mass is 32.1. The molecule has 4 rings (SSSR count). The van der Waals surface area contributed by atoms with Gasteiger partial charge in [0.25, 0.3) is 0 Å². The maximum Gasteiger partial charge on any atom is 0.246 e. The fraction of sp³-hybridized carbons (Fsp3) is 0.471. The standard InChI is InChI=1S/C17H19N3O2S/c1-19-15(21)10-13(17(19)22)20-8-6-11(7-9-20)16-18-12-4-2-3-5-14(12)23-16/h2-5,11,13H,6-10H2,1H3/t13-/m1/s1. The van der Waals surface area contributed by atoms with Crippen molar-refractivity contribution in [2.45, 2.75) is 31.2 Å². The number of imide groups is 1. The Morgan fingerprint density at radius 3 is 2.57 bits per heavy atom. The van der Waals surface area contributed by atoms with Gasteiger partial charge in [-0.25, -0.2) is 4.98 Å². The third kappa shape index (κ3) is 2.56. The summed E-state index contributed by atoms with van der Waals surface area (Å²) in [6.45, 7) is 1.72. The minimum absolute atomic E-state index is 0.0477. The summed E-state index contributed by atoms with van der Waals surface area (Å²) in [6, 6.07) is 8.00. The van der Waals surface area contributed by atoms with Crippen molar-refractivity contribution in [2.75, 3.05) is 20.1 Å². The van der Waals surface area contributed by atoms with Crippen molar-refractivity contribution in [3.05, 3.63) is 29.3 Å². The first-order valence-electron chi connectivity index (χ1n) is 8.03. The Hall–Kier alpha value is -1.79. The Balaban J connectivity index is 1.45. The summed E-state index contributed by atoms with van der Waals surface area (Å²) in [5.74, 6) is 0.357. The Bertz CT molecular complexity index is 731. The molecule has 0 aliphatic carbocycles. The number of amides is 2. The van der Waals surface area contributed by atoms with Crippen LogP contribution in [0.4, 0.5) is 0 Å². The van der Waals surface area contributed by atoms with Crippen LogP contribution in [-0.4, -0.2) is 52.8 Å². The molecule has 1 aromatic carbocycles. The number of hydrogen-bond acceptors (Lipinski definition) is 5. The SMILES string of the molecule is CN1C(=O)C[C@@H](N2CCC(c3nc4ccccc4s3)CC2)C1=O. The van der Waals surface area contributed by atoms with Gasteiger partial charge in [-0.3, -0.25) is 19.4 Å². The van der Waals surface area contributed by atoms with Crippen LogP contribution in [0.3, 0.4) is 0 Å². The average Bonchev–Trinajstić information content (AvgIpc) is 3.12. The number of nitrogens with zero attached hydrogens (tertiary/aromatic N) is 3. The van der Waals surface area contributed by atoms with E-state index in [1.165, 1.54) is 14.6 Å². The van der Waals surface area contributed by atoms with Crippen LogP contribution >= 0.6 is 11.3 Å². The second kappa shape index (κ2) is 5.69. The van der Waals surface area contributed by atoms with Gasteiger partial charge in [-0.05, 0) is 38.1 Å². The molecule has 5 nitrogen and oxygen atoms in total. The number of aromatic nitrogens is 1. The van der Waals surface area contributed by atoms with E-state index in [1.54, 1.807) is 18.4 Å². The molecule has 0 bridgehead atoms. The van der Waals surface area contributed by atoms with Gasteiger partial charge in [0.2, 0.25) is 11.8 Å². The summed E-state index contributed by atoms with van der Waals surface area (Å²) in [5, 5.41) is 1.21. The van der Waals surface area contributed by atoms with E-state index in [-0.39, 0.29) is 17.9 Å². The molecule has 2 aliphatic heterocycles. The molecule has 120 valence electrons. The van der Waals surface area contributed by atoms with Gasteiger partial charge in [-0.15, -0.1) is 11.3 Å². The van der Waals surface area contributed by atoms with Crippen LogP contribution in [0.5, 0.6) is 0 Å². The number of piperidine rings is 1. The van der Waals surface area contributed by atoms with Crippen LogP contribution in [0.2, 0.25) is 0 Å². The number of fused-ring (bicyclic) bond motifs is 1. The Labute approximate surface area is 138 Å². The van der Waals surface area contributed by atoms with E-state index in [1.807, 2.05) is 12.1 Å². The van der Waals surface area contributed by atoms with Crippen LogP contribution in [0, 0.1) is 0 Å². The van der Waals surface area contributed by atoms with Crippen LogP contribution < -0.4 is 0 Å². The number of benzene rings is 1. The van der Waals surface area contributed by atoms with Crippen molar-refractivity contribution in [2.24, 2.45) is 0 Å². The van der Waals surface area contributed by atoms with Crippen molar-refractivity contribution < 1.29 is 9.59 Å². The van der Waals surface area contributed by atoms with Crippen molar-refractivity contribution in [3.63, 3.8) is 0 Å². The summed E-state index contributed by atoms with van der Waals surface area (Å²) >= 11 is 1.78. The van der Waals surface area contributed by atoms with Gasteiger partial charge in [-0.2, -0.15) is 0 Å². The molecule has 2 aromatic rings. The van der Waals surface area contributed by atoms with Gasteiger partial charge in [0.1, 0.15) is 0 Å². The first kappa shape index (κ1) is 14.8. The highest BCUT2D eigenvalue weighted by Gasteiger charge is 2.41. The third-order valence-electron chi connectivity index (χ3n) is 4.99. The Morgan fingerprint density at radius 2 is 1.91 bits per heavy atom. The van der Waals surface area contributed by atoms with Gasteiger partial charge >= 0.3 is 0 Å². The topological polar surface area (TPSA) is 53.5 Å². The molecular weight excluding hydrogens is 310 g/mol. The molecule has 0 saturated carbocycles. The van der Waals surface area contributed by atoms with Crippen molar-refractivity contribution in [3.8, 4) is 0 Å². The number of thiazole rings is 1. The lowest BCUT2D eigenvalue weighted by Crippen LogP contribution is -2.45. The molecular formula is C17H19N3O2S. The summed E-state index contributed by atoms with van der Waals surface area (Å²) in [4.78, 5) is 32.0. The van der Waals surface area contributed by atoms with Gasteiger partial charge in [0.15, 0.2) is 0 Å². The minimum atomic E-state index is -0.246. The van der Waals surface area contributed by atoms with E-state index in [4.69, 9.17) is 4.98 Å². The lowest BCUT2D eigenvalue weighted by Gasteiger charge is -2.33. The largest absolute Gasteiger partial charge is 0.291 e. The lowest BCUT2D eigenvalue weighted by molar-refractivity contribution is -0.138. The number of hydrogen-bond donors (Lipinski definition) is 0. The number of likely N-dealkylation sites (tertiary alicyclic amines) is 2. The maximum atomic E-state index is 12.1. The normalized spacial score (nSPS) is 24.0. The van der Waals surface area contributed by atoms with Gasteiger partial charge in [0, 0.05) is 13.0 Å². The Kier molecular flexibility index (Phi) is 3.66. The number of rotatable bonds is 2. The van der Waals surface area contributed by atoms with Crippen molar-refractivity contribution >= 4 is 33.4 Å². The smallest absolute Gasteiger partial charge is 0.246 e. The van der Waals surface area contributed by atoms with E-state index in [0.29, 0.717) is 12.3 Å². The fourth-order valence-electron chi connectivity index (χ4n) is 3.54. The molecule has 2 aliphatic rings. The highest BCUT2D eigenvalue weighted by Crippen LogP contribution is 2.35. The molecule has 0 unspecified atom stereocenters. The molecule has 0 spiro atoms. The summed E-state index contributed by atoms with van der Waals surface area (Å²) < 4.78 is 1.24. The van der Waals surface area contributed by atoms with E-state index < -0.39 is 0 Å².